The number of imidazole rings is 1. The van der Waals surface area contributed by atoms with Crippen LogP contribution in [-0.4, -0.2) is 27.1 Å². The fraction of sp³-hybridized carbons (Fsp3) is 0.429. The minimum atomic E-state index is -1.01. The Morgan fingerprint density at radius 2 is 2.45 bits per heavy atom. The van der Waals surface area contributed by atoms with E-state index in [2.05, 4.69) is 10.3 Å². The number of carbonyl (C=O) groups is 1. The van der Waals surface area contributed by atoms with E-state index in [1.54, 1.807) is 19.4 Å². The number of aliphatic hydroxyl groups is 1. The number of carbonyl (C=O) groups excluding carboxylic acids is 1. The lowest BCUT2D eigenvalue weighted by Gasteiger charge is -2.22. The van der Waals surface area contributed by atoms with Crippen molar-refractivity contribution in [2.45, 2.75) is 31.9 Å². The van der Waals surface area contributed by atoms with Crippen LogP contribution in [0.1, 0.15) is 25.3 Å². The van der Waals surface area contributed by atoms with Gasteiger partial charge in [0.15, 0.2) is 0 Å². The molecule has 0 aliphatic heterocycles. The van der Waals surface area contributed by atoms with Gasteiger partial charge in [0.25, 0.3) is 0 Å². The number of hydrogen-bond acceptors (Lipinski definition) is 4. The summed E-state index contributed by atoms with van der Waals surface area (Å²) in [5.41, 5.74) is -0.179. The van der Waals surface area contributed by atoms with E-state index < -0.39 is 5.60 Å². The fourth-order valence-corrected chi connectivity index (χ4v) is 2.66. The van der Waals surface area contributed by atoms with Crippen LogP contribution < -0.4 is 5.32 Å². The third-order valence-corrected chi connectivity index (χ3v) is 3.84. The summed E-state index contributed by atoms with van der Waals surface area (Å²) in [5, 5.41) is 16.9. The first-order valence-corrected chi connectivity index (χ1v) is 7.50. The van der Waals surface area contributed by atoms with Crippen molar-refractivity contribution in [2.24, 2.45) is 0 Å². The van der Waals surface area contributed by atoms with Crippen molar-refractivity contribution in [1.29, 1.82) is 0 Å². The molecule has 2 heterocycles. The number of thiophene rings is 1. The number of rotatable bonds is 7. The second-order valence-corrected chi connectivity index (χ2v) is 5.75. The molecule has 0 bridgehead atoms. The van der Waals surface area contributed by atoms with Gasteiger partial charge in [0, 0.05) is 25.4 Å². The minimum absolute atomic E-state index is 0.0411. The molecule has 2 rings (SSSR count). The predicted octanol–water partition coefficient (Wildman–Crippen LogP) is 1.75. The Labute approximate surface area is 122 Å². The molecule has 1 amide bonds. The van der Waals surface area contributed by atoms with E-state index in [-0.39, 0.29) is 12.5 Å². The van der Waals surface area contributed by atoms with Crippen LogP contribution in [0.15, 0.2) is 35.5 Å². The van der Waals surface area contributed by atoms with Crippen molar-refractivity contribution in [3.63, 3.8) is 0 Å². The monoisotopic (exact) mass is 293 g/mol. The smallest absolute Gasteiger partial charge is 0.220 e. The normalized spacial score (nSPS) is 13.9. The maximum atomic E-state index is 11.7. The lowest BCUT2D eigenvalue weighted by atomic mass is 9.99. The van der Waals surface area contributed by atoms with E-state index in [0.29, 0.717) is 6.42 Å². The third-order valence-electron chi connectivity index (χ3n) is 3.15. The number of nitrogens with one attached hydrogen (secondary N) is 1. The molecule has 2 aromatic rings. The molecule has 5 nitrogen and oxygen atoms in total. The zero-order valence-electron chi connectivity index (χ0n) is 11.5. The Morgan fingerprint density at radius 3 is 3.10 bits per heavy atom. The van der Waals surface area contributed by atoms with Gasteiger partial charge in [-0.15, -0.1) is 0 Å². The molecule has 0 spiro atoms. The Balaban J connectivity index is 1.69. The van der Waals surface area contributed by atoms with Gasteiger partial charge in [0.1, 0.15) is 5.60 Å². The summed E-state index contributed by atoms with van der Waals surface area (Å²) >= 11 is 1.53. The van der Waals surface area contributed by atoms with E-state index in [4.69, 9.17) is 0 Å². The SMILES string of the molecule is CC(O)(CNC(=O)CCCn1ccnc1)c1ccsc1. The first-order chi connectivity index (χ1) is 9.58. The van der Waals surface area contributed by atoms with Gasteiger partial charge in [-0.25, -0.2) is 4.98 Å². The highest BCUT2D eigenvalue weighted by Gasteiger charge is 2.23. The standard InChI is InChI=1S/C14H19N3O2S/c1-14(19,12-4-8-20-9-12)10-16-13(18)3-2-6-17-7-5-15-11-17/h4-5,7-9,11,19H,2-3,6,10H2,1H3,(H,16,18). The Morgan fingerprint density at radius 1 is 1.60 bits per heavy atom. The fourth-order valence-electron chi connectivity index (χ4n) is 1.87. The number of amides is 1. The topological polar surface area (TPSA) is 67.2 Å². The second kappa shape index (κ2) is 6.67. The molecule has 0 saturated heterocycles. The number of hydrogen-bond donors (Lipinski definition) is 2. The van der Waals surface area contributed by atoms with Crippen LogP contribution in [0, 0.1) is 0 Å². The van der Waals surface area contributed by atoms with Gasteiger partial charge in [-0.1, -0.05) is 0 Å². The van der Waals surface area contributed by atoms with Crippen molar-refractivity contribution in [1.82, 2.24) is 14.9 Å². The van der Waals surface area contributed by atoms with E-state index >= 15 is 0 Å². The lowest BCUT2D eigenvalue weighted by Crippen LogP contribution is -2.38. The van der Waals surface area contributed by atoms with Crippen molar-refractivity contribution < 1.29 is 9.90 Å². The zero-order chi connectivity index (χ0) is 14.4. The first-order valence-electron chi connectivity index (χ1n) is 6.55. The molecule has 2 N–H and O–H groups in total. The molecule has 0 saturated carbocycles. The van der Waals surface area contributed by atoms with E-state index in [0.717, 1.165) is 18.5 Å². The van der Waals surface area contributed by atoms with Gasteiger partial charge >= 0.3 is 0 Å². The summed E-state index contributed by atoms with van der Waals surface area (Å²) in [6.07, 6.45) is 6.53. The van der Waals surface area contributed by atoms with Gasteiger partial charge in [-0.05, 0) is 35.7 Å². The molecule has 2 aromatic heterocycles. The van der Waals surface area contributed by atoms with Gasteiger partial charge in [0.05, 0.1) is 12.9 Å². The quantitative estimate of drug-likeness (QED) is 0.817. The molecule has 6 heteroatoms. The van der Waals surface area contributed by atoms with Crippen molar-refractivity contribution in [2.75, 3.05) is 6.54 Å². The Bertz CT molecular complexity index is 521. The van der Waals surface area contributed by atoms with E-state index in [1.807, 2.05) is 27.6 Å². The lowest BCUT2D eigenvalue weighted by molar-refractivity contribution is -0.122. The van der Waals surface area contributed by atoms with Crippen LogP contribution in [0.5, 0.6) is 0 Å². The number of nitrogens with zero attached hydrogens (tertiary/aromatic N) is 2. The Hall–Kier alpha value is -1.66. The Kier molecular flexibility index (Phi) is 4.92. The maximum Gasteiger partial charge on any atom is 0.220 e. The van der Waals surface area contributed by atoms with Crippen LogP contribution in [0.4, 0.5) is 0 Å². The molecule has 0 aliphatic rings. The van der Waals surface area contributed by atoms with Crippen LogP contribution >= 0.6 is 11.3 Å². The second-order valence-electron chi connectivity index (χ2n) is 4.97. The van der Waals surface area contributed by atoms with Crippen molar-refractivity contribution >= 4 is 17.2 Å². The molecule has 0 aliphatic carbocycles. The van der Waals surface area contributed by atoms with Crippen LogP contribution in [0.3, 0.4) is 0 Å². The predicted molar refractivity (Wildman–Crippen MR) is 78.4 cm³/mol. The van der Waals surface area contributed by atoms with Crippen LogP contribution in [-0.2, 0) is 16.9 Å². The zero-order valence-corrected chi connectivity index (χ0v) is 12.3. The van der Waals surface area contributed by atoms with Gasteiger partial charge in [0.2, 0.25) is 5.91 Å². The average molecular weight is 293 g/mol. The van der Waals surface area contributed by atoms with Gasteiger partial charge in [-0.2, -0.15) is 11.3 Å². The average Bonchev–Trinajstić information content (AvgIpc) is 3.09. The third kappa shape index (κ3) is 4.18. The molecule has 0 aromatic carbocycles. The van der Waals surface area contributed by atoms with Gasteiger partial charge < -0.3 is 15.0 Å². The first kappa shape index (κ1) is 14.7. The molecule has 20 heavy (non-hydrogen) atoms. The van der Waals surface area contributed by atoms with E-state index in [9.17, 15) is 9.90 Å². The molecule has 1 unspecified atom stereocenters. The molecule has 108 valence electrons. The summed E-state index contributed by atoms with van der Waals surface area (Å²) in [5.74, 6) is -0.0411. The largest absolute Gasteiger partial charge is 0.384 e. The molecular formula is C14H19N3O2S. The summed E-state index contributed by atoms with van der Waals surface area (Å²) < 4.78 is 1.94. The maximum absolute atomic E-state index is 11.7. The number of aryl methyl sites for hydroxylation is 1. The number of aromatic nitrogens is 2. The summed E-state index contributed by atoms with van der Waals surface area (Å²) in [6.45, 7) is 2.71. The molecule has 1 atom stereocenters. The van der Waals surface area contributed by atoms with Gasteiger partial charge in [-0.3, -0.25) is 4.79 Å². The van der Waals surface area contributed by atoms with Crippen molar-refractivity contribution in [3.05, 3.63) is 41.1 Å². The molecular weight excluding hydrogens is 274 g/mol. The highest BCUT2D eigenvalue weighted by atomic mass is 32.1. The highest BCUT2D eigenvalue weighted by molar-refractivity contribution is 7.08. The van der Waals surface area contributed by atoms with Crippen LogP contribution in [0.25, 0.3) is 0 Å². The molecule has 0 fully saturated rings. The van der Waals surface area contributed by atoms with Crippen LogP contribution in [0.2, 0.25) is 0 Å². The van der Waals surface area contributed by atoms with Crippen molar-refractivity contribution in [3.8, 4) is 0 Å². The summed E-state index contributed by atoms with van der Waals surface area (Å²) in [7, 11) is 0. The summed E-state index contributed by atoms with van der Waals surface area (Å²) in [4.78, 5) is 15.7. The summed E-state index contributed by atoms with van der Waals surface area (Å²) in [6, 6.07) is 1.87. The highest BCUT2D eigenvalue weighted by Crippen LogP contribution is 2.21. The van der Waals surface area contributed by atoms with E-state index in [1.165, 1.54) is 11.3 Å². The minimum Gasteiger partial charge on any atom is -0.384 e. The molecule has 0 radical (unpaired) electrons.